The second kappa shape index (κ2) is 9.07. The van der Waals surface area contributed by atoms with Crippen LogP contribution in [0.2, 0.25) is 18.1 Å². The first-order valence-electron chi connectivity index (χ1n) is 12.1. The molecular weight excluding hydrogens is 422 g/mol. The van der Waals surface area contributed by atoms with Crippen LogP contribution in [-0.2, 0) is 9.22 Å². The Bertz CT molecular complexity index is 1050. The lowest BCUT2D eigenvalue weighted by Gasteiger charge is -2.48. The maximum atomic E-state index is 12.7. The van der Waals surface area contributed by atoms with Gasteiger partial charge in [0.1, 0.15) is 0 Å². The van der Waals surface area contributed by atoms with Gasteiger partial charge in [-0.1, -0.05) is 93.6 Å². The molecule has 3 nitrogen and oxygen atoms in total. The maximum absolute atomic E-state index is 12.7. The molecule has 3 atom stereocenters. The highest BCUT2D eigenvalue weighted by atomic mass is 28.4. The van der Waals surface area contributed by atoms with E-state index >= 15 is 0 Å². The van der Waals surface area contributed by atoms with Gasteiger partial charge in [-0.25, -0.2) is 0 Å². The lowest BCUT2D eigenvalue weighted by molar-refractivity contribution is -0.114. The van der Waals surface area contributed by atoms with Crippen molar-refractivity contribution in [2.24, 2.45) is 0 Å². The minimum atomic E-state index is -2.11. The van der Waals surface area contributed by atoms with Gasteiger partial charge in [0.2, 0.25) is 0 Å². The first-order valence-corrected chi connectivity index (χ1v) is 15.0. The zero-order chi connectivity index (χ0) is 23.8. The van der Waals surface area contributed by atoms with E-state index in [1.54, 1.807) is 0 Å². The van der Waals surface area contributed by atoms with Crippen LogP contribution in [0.1, 0.15) is 63.8 Å². The molecular formula is C29H37NO2Si. The molecule has 33 heavy (non-hydrogen) atoms. The van der Waals surface area contributed by atoms with Gasteiger partial charge in [-0.15, -0.1) is 0 Å². The van der Waals surface area contributed by atoms with E-state index in [0.29, 0.717) is 6.42 Å². The summed E-state index contributed by atoms with van der Waals surface area (Å²) in [6, 6.07) is 21.5. The molecule has 0 aromatic heterocycles. The molecule has 0 radical (unpaired) electrons. The molecule has 0 saturated carbocycles. The van der Waals surface area contributed by atoms with E-state index in [-0.39, 0.29) is 29.0 Å². The van der Waals surface area contributed by atoms with Gasteiger partial charge in [0.15, 0.2) is 14.1 Å². The van der Waals surface area contributed by atoms with Crippen LogP contribution in [0.5, 0.6) is 0 Å². The number of nitrogens with zero attached hydrogens (tertiary/aromatic N) is 1. The Morgan fingerprint density at radius 3 is 2.09 bits per heavy atom. The molecule has 2 aromatic rings. The van der Waals surface area contributed by atoms with Gasteiger partial charge < -0.3 is 9.33 Å². The second-order valence-corrected chi connectivity index (χ2v) is 15.6. The Balaban J connectivity index is 1.90. The Kier molecular flexibility index (Phi) is 6.52. The van der Waals surface area contributed by atoms with Gasteiger partial charge in [0.05, 0.1) is 12.1 Å². The molecule has 0 saturated heterocycles. The number of ketones is 1. The topological polar surface area (TPSA) is 29.5 Å². The molecule has 4 rings (SSSR count). The fourth-order valence-electron chi connectivity index (χ4n) is 4.70. The highest BCUT2D eigenvalue weighted by Gasteiger charge is 2.45. The molecule has 2 aliphatic rings. The predicted octanol–water partition coefficient (Wildman–Crippen LogP) is 7.37. The zero-order valence-corrected chi connectivity index (χ0v) is 21.8. The molecule has 0 bridgehead atoms. The minimum absolute atomic E-state index is 0.0291. The summed E-state index contributed by atoms with van der Waals surface area (Å²) >= 11 is 0. The van der Waals surface area contributed by atoms with Gasteiger partial charge >= 0.3 is 0 Å². The first-order chi connectivity index (χ1) is 15.6. The molecule has 1 aliphatic heterocycles. The van der Waals surface area contributed by atoms with E-state index < -0.39 is 8.32 Å². The molecule has 4 heteroatoms. The standard InChI is InChI=1S/C29H37NO2Si/c1-21-17-18-24-25(19-20-26(24)31)30(21)27(22-13-9-7-10-14-22)28(23-15-11-8-12-16-23)32-33(5,6)29(2,3)4/h7-18,21,27-28H,19-20H2,1-6H3/t21-,27-,28+/m0/s1. The number of hydrogen-bond donors (Lipinski definition) is 0. The smallest absolute Gasteiger partial charge is 0.193 e. The molecule has 0 spiro atoms. The summed E-state index contributed by atoms with van der Waals surface area (Å²) in [7, 11) is -2.11. The van der Waals surface area contributed by atoms with E-state index in [4.69, 9.17) is 4.43 Å². The third-order valence-corrected chi connectivity index (χ3v) is 12.0. The predicted molar refractivity (Wildman–Crippen MR) is 138 cm³/mol. The second-order valence-electron chi connectivity index (χ2n) is 10.9. The Morgan fingerprint density at radius 2 is 1.52 bits per heavy atom. The van der Waals surface area contributed by atoms with Crippen molar-refractivity contribution in [2.45, 2.75) is 76.9 Å². The Morgan fingerprint density at radius 1 is 0.939 bits per heavy atom. The molecule has 174 valence electrons. The van der Waals surface area contributed by atoms with E-state index in [2.05, 4.69) is 112 Å². The molecule has 0 amide bonds. The van der Waals surface area contributed by atoms with Crippen molar-refractivity contribution >= 4 is 14.1 Å². The third-order valence-electron chi connectivity index (χ3n) is 7.58. The fourth-order valence-corrected chi connectivity index (χ4v) is 5.95. The first kappa shape index (κ1) is 23.7. The SMILES string of the molecule is C[C@H]1C=CC2=C(CCC2=O)N1[C@@H](c1ccccc1)[C@H](O[Si](C)(C)C(C)(C)C)c1ccccc1. The van der Waals surface area contributed by atoms with Crippen LogP contribution < -0.4 is 0 Å². The Hall–Kier alpha value is -2.43. The van der Waals surface area contributed by atoms with Crippen molar-refractivity contribution in [3.8, 4) is 0 Å². The monoisotopic (exact) mass is 459 g/mol. The lowest BCUT2D eigenvalue weighted by Crippen LogP contribution is -2.46. The highest BCUT2D eigenvalue weighted by molar-refractivity contribution is 6.74. The normalized spacial score (nSPS) is 20.7. The number of hydrogen-bond acceptors (Lipinski definition) is 3. The van der Waals surface area contributed by atoms with Gasteiger partial charge in [-0.3, -0.25) is 4.79 Å². The van der Waals surface area contributed by atoms with Crippen molar-refractivity contribution < 1.29 is 9.22 Å². The van der Waals surface area contributed by atoms with Crippen LogP contribution in [0.15, 0.2) is 84.1 Å². The zero-order valence-electron chi connectivity index (χ0n) is 20.8. The number of Topliss-reactive ketones (excluding diaryl/α,β-unsaturated/α-hetero) is 1. The van der Waals surface area contributed by atoms with Gasteiger partial charge in [-0.2, -0.15) is 0 Å². The summed E-state index contributed by atoms with van der Waals surface area (Å²) in [5.74, 6) is 0.256. The number of carbonyl (C=O) groups excluding carboxylic acids is 1. The van der Waals surface area contributed by atoms with Crippen LogP contribution in [0, 0.1) is 0 Å². The lowest BCUT2D eigenvalue weighted by atomic mass is 9.91. The van der Waals surface area contributed by atoms with Crippen molar-refractivity contribution in [3.63, 3.8) is 0 Å². The summed E-state index contributed by atoms with van der Waals surface area (Å²) in [6.45, 7) is 13.8. The summed E-state index contributed by atoms with van der Waals surface area (Å²) in [6.07, 6.45) is 5.46. The van der Waals surface area contributed by atoms with Gasteiger partial charge in [0.25, 0.3) is 0 Å². The van der Waals surface area contributed by atoms with Crippen LogP contribution in [0.4, 0.5) is 0 Å². The van der Waals surface area contributed by atoms with Gasteiger partial charge in [-0.05, 0) is 42.6 Å². The van der Waals surface area contributed by atoms with E-state index in [9.17, 15) is 4.79 Å². The summed E-state index contributed by atoms with van der Waals surface area (Å²) < 4.78 is 7.25. The van der Waals surface area contributed by atoms with Crippen molar-refractivity contribution in [1.29, 1.82) is 0 Å². The largest absolute Gasteiger partial charge is 0.407 e. The van der Waals surface area contributed by atoms with Crippen LogP contribution in [0.3, 0.4) is 0 Å². The van der Waals surface area contributed by atoms with Crippen molar-refractivity contribution in [1.82, 2.24) is 4.90 Å². The highest BCUT2D eigenvalue weighted by Crippen LogP contribution is 2.48. The number of carbonyl (C=O) groups is 1. The minimum Gasteiger partial charge on any atom is -0.407 e. The Labute approximate surface area is 200 Å². The summed E-state index contributed by atoms with van der Waals surface area (Å²) in [5.41, 5.74) is 4.46. The molecule has 0 unspecified atom stereocenters. The van der Waals surface area contributed by atoms with Crippen LogP contribution in [-0.4, -0.2) is 25.0 Å². The van der Waals surface area contributed by atoms with Crippen molar-refractivity contribution in [2.75, 3.05) is 0 Å². The number of rotatable bonds is 6. The molecule has 1 aliphatic carbocycles. The number of benzene rings is 2. The summed E-state index contributed by atoms with van der Waals surface area (Å²) in [4.78, 5) is 15.1. The molecule has 0 fully saturated rings. The van der Waals surface area contributed by atoms with Crippen LogP contribution in [0.25, 0.3) is 0 Å². The average Bonchev–Trinajstić information content (AvgIpc) is 3.16. The van der Waals surface area contributed by atoms with Crippen LogP contribution >= 0.6 is 0 Å². The molecule has 0 N–H and O–H groups in total. The number of allylic oxidation sites excluding steroid dienone is 3. The summed E-state index contributed by atoms with van der Waals surface area (Å²) in [5, 5.41) is 0.0858. The molecule has 1 heterocycles. The van der Waals surface area contributed by atoms with Gasteiger partial charge in [0, 0.05) is 23.7 Å². The maximum Gasteiger partial charge on any atom is 0.193 e. The van der Waals surface area contributed by atoms with Crippen molar-refractivity contribution in [3.05, 3.63) is 95.2 Å². The van der Waals surface area contributed by atoms with E-state index in [1.165, 1.54) is 16.8 Å². The fraction of sp³-hybridized carbons (Fsp3) is 0.414. The molecule has 2 aromatic carbocycles. The van der Waals surface area contributed by atoms with E-state index in [1.807, 2.05) is 6.08 Å². The average molecular weight is 460 g/mol. The quantitative estimate of drug-likeness (QED) is 0.422. The van der Waals surface area contributed by atoms with E-state index in [0.717, 1.165) is 12.0 Å². The third kappa shape index (κ3) is 4.64.